The van der Waals surface area contributed by atoms with E-state index in [2.05, 4.69) is 15.2 Å². The molecule has 1 N–H and O–H groups in total. The first kappa shape index (κ1) is 23.9. The number of fused-ring (bicyclic) bond motifs is 1. The summed E-state index contributed by atoms with van der Waals surface area (Å²) >= 11 is 0. The maximum absolute atomic E-state index is 13.8. The smallest absolute Gasteiger partial charge is 0.240 e. The molecule has 36 heavy (non-hydrogen) atoms. The zero-order valence-electron chi connectivity index (χ0n) is 20.6. The minimum Gasteiger partial charge on any atom is -0.340 e. The van der Waals surface area contributed by atoms with Crippen LogP contribution in [0.15, 0.2) is 54.7 Å². The number of hydrogen-bond donors (Lipinski definition) is 1. The lowest BCUT2D eigenvalue weighted by atomic mass is 9.75. The van der Waals surface area contributed by atoms with Crippen LogP contribution in [0, 0.1) is 0 Å². The van der Waals surface area contributed by atoms with Gasteiger partial charge in [-0.15, -0.1) is 0 Å². The number of H-pyrrole nitrogens is 1. The third kappa shape index (κ3) is 4.55. The van der Waals surface area contributed by atoms with Gasteiger partial charge in [0.25, 0.3) is 0 Å². The van der Waals surface area contributed by atoms with Gasteiger partial charge in [0.1, 0.15) is 0 Å². The molecule has 1 aliphatic carbocycles. The van der Waals surface area contributed by atoms with Crippen LogP contribution in [0.5, 0.6) is 0 Å². The molecule has 0 bridgehead atoms. The van der Waals surface area contributed by atoms with Crippen LogP contribution in [0.3, 0.4) is 0 Å². The summed E-state index contributed by atoms with van der Waals surface area (Å²) in [5, 5.41) is 7.59. The van der Waals surface area contributed by atoms with Gasteiger partial charge >= 0.3 is 0 Å². The summed E-state index contributed by atoms with van der Waals surface area (Å²) in [5.41, 5.74) is 3.57. The summed E-state index contributed by atoms with van der Waals surface area (Å²) in [6, 6.07) is 14.8. The molecule has 1 aromatic carbocycles. The van der Waals surface area contributed by atoms with E-state index in [0.29, 0.717) is 18.5 Å². The van der Waals surface area contributed by atoms with Crippen molar-refractivity contribution in [3.05, 3.63) is 82.9 Å². The quantitative estimate of drug-likeness (QED) is 0.495. The van der Waals surface area contributed by atoms with E-state index in [9.17, 15) is 14.4 Å². The average molecular weight is 486 g/mol. The predicted molar refractivity (Wildman–Crippen MR) is 134 cm³/mol. The lowest BCUT2D eigenvalue weighted by Crippen LogP contribution is -2.43. The Morgan fingerprint density at radius 3 is 2.64 bits per heavy atom. The second-order valence-corrected chi connectivity index (χ2v) is 9.81. The number of hydrogen-bond acceptors (Lipinski definition) is 5. The summed E-state index contributed by atoms with van der Waals surface area (Å²) in [7, 11) is 1.74. The highest BCUT2D eigenvalue weighted by Crippen LogP contribution is 2.40. The van der Waals surface area contributed by atoms with E-state index in [0.717, 1.165) is 42.8 Å². The van der Waals surface area contributed by atoms with Crippen LogP contribution < -0.4 is 0 Å². The number of pyridine rings is 1. The average Bonchev–Trinajstić information content (AvgIpc) is 3.42. The molecule has 2 aliphatic rings. The van der Waals surface area contributed by atoms with Gasteiger partial charge in [0.15, 0.2) is 0 Å². The van der Waals surface area contributed by atoms with E-state index in [4.69, 9.17) is 0 Å². The maximum atomic E-state index is 13.8. The number of rotatable bonds is 8. The summed E-state index contributed by atoms with van der Waals surface area (Å²) in [6.45, 7) is 0.619. The molecule has 8 heteroatoms. The van der Waals surface area contributed by atoms with Crippen molar-refractivity contribution < 1.29 is 14.4 Å². The highest BCUT2D eigenvalue weighted by atomic mass is 16.2. The standard InChI is InChI=1S/C28H31N5O3/c1-32(19-24-22-12-5-6-13-23(22)30-31-24)25(34)17-28(20-9-3-2-4-10-20)18-26(35)33(27(28)36)16-14-21-11-7-8-15-29-21/h2-4,7-11,15H,5-6,12-14,16-19H2,1H3,(H,30,31)/t28-/m0/s1. The molecule has 186 valence electrons. The normalized spacial score (nSPS) is 19.4. The van der Waals surface area contributed by atoms with Crippen LogP contribution in [0.2, 0.25) is 0 Å². The van der Waals surface area contributed by atoms with Crippen LogP contribution in [0.4, 0.5) is 0 Å². The minimum atomic E-state index is -1.21. The number of nitrogens with zero attached hydrogens (tertiary/aromatic N) is 4. The van der Waals surface area contributed by atoms with E-state index < -0.39 is 5.41 Å². The van der Waals surface area contributed by atoms with Crippen LogP contribution in [0.25, 0.3) is 0 Å². The van der Waals surface area contributed by atoms with Crippen molar-refractivity contribution >= 4 is 17.7 Å². The molecule has 0 spiro atoms. The largest absolute Gasteiger partial charge is 0.340 e. The van der Waals surface area contributed by atoms with Gasteiger partial charge in [-0.05, 0) is 48.9 Å². The number of benzene rings is 1. The third-order valence-corrected chi connectivity index (χ3v) is 7.46. The number of aromatic nitrogens is 3. The molecule has 2 aromatic heterocycles. The molecular formula is C28H31N5O3. The number of likely N-dealkylation sites (tertiary alicyclic amines) is 1. The van der Waals surface area contributed by atoms with Crippen molar-refractivity contribution in [1.82, 2.24) is 25.0 Å². The molecule has 3 aromatic rings. The minimum absolute atomic E-state index is 0.0184. The van der Waals surface area contributed by atoms with Gasteiger partial charge in [0.05, 0.1) is 17.7 Å². The third-order valence-electron chi connectivity index (χ3n) is 7.46. The molecule has 1 atom stereocenters. The lowest BCUT2D eigenvalue weighted by Gasteiger charge is -2.29. The molecule has 5 rings (SSSR count). The van der Waals surface area contributed by atoms with Gasteiger partial charge < -0.3 is 4.90 Å². The van der Waals surface area contributed by atoms with E-state index in [-0.39, 0.29) is 37.1 Å². The molecule has 8 nitrogen and oxygen atoms in total. The second kappa shape index (κ2) is 10.0. The molecular weight excluding hydrogens is 454 g/mol. The SMILES string of the molecule is CN(Cc1n[nH]c2c1CCCC2)C(=O)C[C@@]1(c2ccccc2)CC(=O)N(CCc2ccccn2)C1=O. The van der Waals surface area contributed by atoms with E-state index in [1.165, 1.54) is 10.5 Å². The number of carbonyl (C=O) groups is 3. The Kier molecular flexibility index (Phi) is 6.67. The maximum Gasteiger partial charge on any atom is 0.240 e. The van der Waals surface area contributed by atoms with Crippen LogP contribution >= 0.6 is 0 Å². The molecule has 1 saturated heterocycles. The van der Waals surface area contributed by atoms with E-state index >= 15 is 0 Å². The summed E-state index contributed by atoms with van der Waals surface area (Å²) < 4.78 is 0. The fourth-order valence-electron chi connectivity index (χ4n) is 5.41. The summed E-state index contributed by atoms with van der Waals surface area (Å²) in [5.74, 6) is -0.746. The zero-order valence-corrected chi connectivity index (χ0v) is 20.6. The topological polar surface area (TPSA) is 99.3 Å². The van der Waals surface area contributed by atoms with Gasteiger partial charge in [-0.2, -0.15) is 5.10 Å². The van der Waals surface area contributed by atoms with Crippen LogP contribution in [0.1, 0.15) is 53.9 Å². The monoisotopic (exact) mass is 485 g/mol. The molecule has 0 unspecified atom stereocenters. The number of carbonyl (C=O) groups excluding carboxylic acids is 3. The second-order valence-electron chi connectivity index (χ2n) is 9.81. The van der Waals surface area contributed by atoms with Crippen molar-refractivity contribution in [2.75, 3.05) is 13.6 Å². The first-order valence-corrected chi connectivity index (χ1v) is 12.6. The number of aromatic amines is 1. The van der Waals surface area contributed by atoms with E-state index in [1.807, 2.05) is 48.5 Å². The highest BCUT2D eigenvalue weighted by Gasteiger charge is 2.53. The van der Waals surface area contributed by atoms with Gasteiger partial charge in [-0.1, -0.05) is 36.4 Å². The zero-order chi connectivity index (χ0) is 25.1. The highest BCUT2D eigenvalue weighted by molar-refractivity contribution is 6.10. The number of imide groups is 1. The van der Waals surface area contributed by atoms with Crippen molar-refractivity contribution in [2.45, 2.75) is 56.9 Å². The summed E-state index contributed by atoms with van der Waals surface area (Å²) in [6.07, 6.45) is 6.32. The van der Waals surface area contributed by atoms with Gasteiger partial charge in [0, 0.05) is 50.4 Å². The van der Waals surface area contributed by atoms with Crippen molar-refractivity contribution in [2.24, 2.45) is 0 Å². The number of aryl methyl sites for hydroxylation is 1. The van der Waals surface area contributed by atoms with Gasteiger partial charge in [-0.3, -0.25) is 29.4 Å². The molecule has 3 heterocycles. The Hall–Kier alpha value is -3.81. The van der Waals surface area contributed by atoms with Crippen molar-refractivity contribution in [1.29, 1.82) is 0 Å². The number of amides is 3. The molecule has 1 fully saturated rings. The Bertz CT molecular complexity index is 1260. The van der Waals surface area contributed by atoms with Gasteiger partial charge in [-0.25, -0.2) is 0 Å². The molecule has 0 radical (unpaired) electrons. The summed E-state index contributed by atoms with van der Waals surface area (Å²) in [4.78, 5) is 47.7. The first-order valence-electron chi connectivity index (χ1n) is 12.6. The van der Waals surface area contributed by atoms with Crippen LogP contribution in [-0.4, -0.2) is 56.3 Å². The molecule has 1 aliphatic heterocycles. The van der Waals surface area contributed by atoms with E-state index in [1.54, 1.807) is 18.1 Å². The predicted octanol–water partition coefficient (Wildman–Crippen LogP) is 2.97. The Labute approximate surface area is 210 Å². The van der Waals surface area contributed by atoms with Crippen molar-refractivity contribution in [3.8, 4) is 0 Å². The lowest BCUT2D eigenvalue weighted by molar-refractivity contribution is -0.142. The molecule has 3 amide bonds. The Morgan fingerprint density at radius 2 is 1.86 bits per heavy atom. The fraction of sp³-hybridized carbons (Fsp3) is 0.393. The van der Waals surface area contributed by atoms with Crippen molar-refractivity contribution in [3.63, 3.8) is 0 Å². The Balaban J connectivity index is 1.36. The van der Waals surface area contributed by atoms with Gasteiger partial charge in [0.2, 0.25) is 17.7 Å². The fourth-order valence-corrected chi connectivity index (χ4v) is 5.41. The number of nitrogens with one attached hydrogen (secondary N) is 1. The first-order chi connectivity index (χ1) is 17.5. The Morgan fingerprint density at radius 1 is 1.08 bits per heavy atom. The molecule has 0 saturated carbocycles. The van der Waals surface area contributed by atoms with Crippen LogP contribution in [-0.2, 0) is 45.6 Å².